The van der Waals surface area contributed by atoms with Gasteiger partial charge in [-0.25, -0.2) is 8.78 Å². The van der Waals surface area contributed by atoms with Crippen LogP contribution in [0.25, 0.3) is 0 Å². The fourth-order valence-electron chi connectivity index (χ4n) is 11.0. The smallest absolute Gasteiger partial charge is 0.253 e. The Bertz CT molecular complexity index is 2470. The van der Waals surface area contributed by atoms with E-state index < -0.39 is 11.6 Å². The summed E-state index contributed by atoms with van der Waals surface area (Å²) in [4.78, 5) is 63.2. The number of hydrogen-bond donors (Lipinski definition) is 4. The van der Waals surface area contributed by atoms with E-state index in [0.717, 1.165) is 90.3 Å². The number of nitrogens with one attached hydrogen (secondary N) is 4. The zero-order valence-electron chi connectivity index (χ0n) is 42.5. The van der Waals surface area contributed by atoms with Crippen LogP contribution in [0.2, 0.25) is 0 Å². The Kier molecular flexibility index (Phi) is 21.4. The number of H-pyrrole nitrogens is 2. The fraction of sp³-hybridized carbons (Fsp3) is 0.547. The summed E-state index contributed by atoms with van der Waals surface area (Å²) in [5.74, 6) is -0.341. The number of aryl methyl sites for hydroxylation is 4. The number of aromatic amines is 2. The van der Waals surface area contributed by atoms with Crippen molar-refractivity contribution in [2.45, 2.75) is 159 Å². The Labute approximate surface area is 415 Å². The quantitative estimate of drug-likeness (QED) is 0.105. The van der Waals surface area contributed by atoms with Crippen LogP contribution in [-0.2, 0) is 13.1 Å². The van der Waals surface area contributed by atoms with E-state index in [4.69, 9.17) is 0 Å². The molecule has 2 amide bonds. The van der Waals surface area contributed by atoms with Crippen molar-refractivity contribution >= 4 is 48.0 Å². The molecular weight excluding hydrogens is 908 g/mol. The van der Waals surface area contributed by atoms with Gasteiger partial charge < -0.3 is 30.4 Å². The average molecular weight is 985 g/mol. The van der Waals surface area contributed by atoms with Crippen LogP contribution in [0, 0.1) is 65.0 Å². The van der Waals surface area contributed by atoms with Crippen LogP contribution < -0.4 is 31.6 Å². The minimum Gasteiger partial charge on any atom is -0.368 e. The van der Waals surface area contributed by atoms with Crippen LogP contribution in [0.1, 0.15) is 146 Å². The van der Waals surface area contributed by atoms with E-state index in [2.05, 4.69) is 83.8 Å². The Hall–Kier alpha value is -4.72. The molecule has 68 heavy (non-hydrogen) atoms. The number of carbonyl (C=O) groups excluding carboxylic acids is 2. The van der Waals surface area contributed by atoms with E-state index in [1.807, 2.05) is 53.7 Å². The molecule has 1 saturated carbocycles. The van der Waals surface area contributed by atoms with Crippen molar-refractivity contribution in [1.29, 1.82) is 0 Å². The highest BCUT2D eigenvalue weighted by Gasteiger charge is 2.34. The number of benzene rings is 2. The monoisotopic (exact) mass is 984 g/mol. The van der Waals surface area contributed by atoms with E-state index in [1.165, 1.54) is 18.6 Å². The van der Waals surface area contributed by atoms with Crippen molar-refractivity contribution < 1.29 is 18.4 Å². The first-order valence-electron chi connectivity index (χ1n) is 24.0. The first-order chi connectivity index (χ1) is 31.2. The van der Waals surface area contributed by atoms with Crippen LogP contribution >= 0.6 is 24.8 Å². The zero-order chi connectivity index (χ0) is 48.7. The normalized spacial score (nSPS) is 20.2. The van der Waals surface area contributed by atoms with Gasteiger partial charge in [0.2, 0.25) is 0 Å². The molecule has 2 fully saturated rings. The van der Waals surface area contributed by atoms with E-state index in [0.29, 0.717) is 52.2 Å². The molecule has 0 radical (unpaired) electrons. The van der Waals surface area contributed by atoms with Gasteiger partial charge in [0, 0.05) is 95.4 Å². The van der Waals surface area contributed by atoms with Gasteiger partial charge in [-0.3, -0.25) is 24.1 Å². The van der Waals surface area contributed by atoms with Crippen molar-refractivity contribution in [3.05, 3.63) is 125 Å². The molecular formula is C53H77Cl2F2N7O4. The third kappa shape index (κ3) is 13.7. The molecule has 2 aromatic heterocycles. The van der Waals surface area contributed by atoms with Gasteiger partial charge in [-0.05, 0) is 178 Å². The van der Waals surface area contributed by atoms with Gasteiger partial charge in [-0.2, -0.15) is 0 Å². The van der Waals surface area contributed by atoms with Crippen LogP contribution in [-0.4, -0.2) is 70.5 Å². The second-order valence-corrected chi connectivity index (χ2v) is 19.2. The number of nitrogens with zero attached hydrogens (tertiary/aromatic N) is 3. The first kappa shape index (κ1) is 57.6. The average Bonchev–Trinajstić information content (AvgIpc) is 3.22. The summed E-state index contributed by atoms with van der Waals surface area (Å²) in [5, 5.41) is 5.64. The van der Waals surface area contributed by atoms with Crippen molar-refractivity contribution in [3.63, 3.8) is 0 Å². The van der Waals surface area contributed by atoms with Gasteiger partial charge in [0.15, 0.2) is 0 Å². The van der Waals surface area contributed by atoms with Crippen LogP contribution in [0.4, 0.5) is 20.2 Å². The number of amides is 2. The lowest BCUT2D eigenvalue weighted by atomic mass is 9.79. The number of piperidine rings is 1. The Morgan fingerprint density at radius 1 is 0.603 bits per heavy atom. The van der Waals surface area contributed by atoms with E-state index >= 15 is 0 Å². The van der Waals surface area contributed by atoms with Crippen molar-refractivity contribution in [3.8, 4) is 0 Å². The van der Waals surface area contributed by atoms with E-state index in [9.17, 15) is 28.0 Å². The summed E-state index contributed by atoms with van der Waals surface area (Å²) in [6.07, 6.45) is 5.37. The Balaban J connectivity index is 0.000000351. The minimum absolute atomic E-state index is 0. The van der Waals surface area contributed by atoms with Crippen molar-refractivity contribution in [2.75, 3.05) is 29.4 Å². The summed E-state index contributed by atoms with van der Waals surface area (Å²) in [6.45, 7) is 29.2. The van der Waals surface area contributed by atoms with Gasteiger partial charge in [0.25, 0.3) is 22.9 Å². The molecule has 2 aliphatic rings. The van der Waals surface area contributed by atoms with E-state index in [-0.39, 0.29) is 66.9 Å². The van der Waals surface area contributed by atoms with E-state index in [1.54, 1.807) is 12.1 Å². The maximum atomic E-state index is 14.8. The molecule has 1 aliphatic heterocycles. The Morgan fingerprint density at radius 2 is 0.971 bits per heavy atom. The van der Waals surface area contributed by atoms with Gasteiger partial charge >= 0.3 is 0 Å². The number of aromatic nitrogens is 2. The van der Waals surface area contributed by atoms with Crippen LogP contribution in [0.5, 0.6) is 0 Å². The number of pyridine rings is 2. The second kappa shape index (κ2) is 25.2. The summed E-state index contributed by atoms with van der Waals surface area (Å²) in [7, 11) is 0. The SMILES string of the molecule is CCN(c1cc(F)cc(C(=O)NCc2c(C)cc(C)[nH]c2=O)c1C)C1C[C@@H](C)C[C@H](C)C1.CCN(c1cc(F)cc(C(=O)NCc2c(C)cc(C)[nH]c2=O)c1C)C1C[C@@H](C)N(CC)[C@H](C)C1.Cl.Cl. The molecule has 11 nitrogen and oxygen atoms in total. The number of halogens is 4. The first-order valence-corrected chi connectivity index (χ1v) is 24.0. The minimum atomic E-state index is -0.430. The standard InChI is InChI=1S/C27H39FN4O2.C26H36FN3O2.2ClH/c1-8-31-18(5)11-22(12-19(31)6)32(9-2)25-14-21(28)13-23(20(25)7)26(33)29-15-24-16(3)10-17(4)30-27(24)34;1-7-30(21-9-15(2)8-16(3)10-21)24-13-20(27)12-22(19(24)6)25(31)28-14-23-17(4)11-18(5)29-26(23)32;;/h10,13-14,18-19,22H,8-9,11-12,15H2,1-7H3,(H,29,33)(H,30,34);11-13,15-16,21H,7-10,14H2,1-6H3,(H,28,31)(H,29,32);2*1H/t18-,19-;15-,16-;;/m10../s1. The molecule has 4 N–H and O–H groups in total. The maximum absolute atomic E-state index is 14.8. The highest BCUT2D eigenvalue weighted by Crippen LogP contribution is 2.37. The van der Waals surface area contributed by atoms with Crippen molar-refractivity contribution in [1.82, 2.24) is 25.5 Å². The molecule has 15 heteroatoms. The Morgan fingerprint density at radius 3 is 1.31 bits per heavy atom. The fourth-order valence-corrected chi connectivity index (χ4v) is 11.0. The molecule has 2 aromatic carbocycles. The molecule has 0 unspecified atom stereocenters. The predicted molar refractivity (Wildman–Crippen MR) is 279 cm³/mol. The summed E-state index contributed by atoms with van der Waals surface area (Å²) >= 11 is 0. The lowest BCUT2D eigenvalue weighted by Crippen LogP contribution is -2.53. The van der Waals surface area contributed by atoms with Crippen LogP contribution in [0.15, 0.2) is 46.0 Å². The summed E-state index contributed by atoms with van der Waals surface area (Å²) in [6, 6.07) is 10.9. The molecule has 4 aromatic rings. The third-order valence-corrected chi connectivity index (χ3v) is 14.1. The molecule has 4 atom stereocenters. The largest absolute Gasteiger partial charge is 0.368 e. The summed E-state index contributed by atoms with van der Waals surface area (Å²) in [5.41, 5.74) is 7.49. The molecule has 0 spiro atoms. The molecule has 6 rings (SSSR count). The number of rotatable bonds is 13. The lowest BCUT2D eigenvalue weighted by Gasteiger charge is -2.46. The number of carbonyl (C=O) groups is 2. The predicted octanol–water partition coefficient (Wildman–Crippen LogP) is 10.3. The second-order valence-electron chi connectivity index (χ2n) is 19.2. The molecule has 0 bridgehead atoms. The molecule has 1 aliphatic carbocycles. The maximum Gasteiger partial charge on any atom is 0.253 e. The van der Waals surface area contributed by atoms with Gasteiger partial charge in [-0.1, -0.05) is 20.8 Å². The lowest BCUT2D eigenvalue weighted by molar-refractivity contribution is 0.0941. The highest BCUT2D eigenvalue weighted by atomic mass is 35.5. The van der Waals surface area contributed by atoms with Crippen molar-refractivity contribution in [2.24, 2.45) is 11.8 Å². The molecule has 3 heterocycles. The van der Waals surface area contributed by atoms with Gasteiger partial charge in [-0.15, -0.1) is 24.8 Å². The zero-order valence-corrected chi connectivity index (χ0v) is 44.2. The van der Waals surface area contributed by atoms with Gasteiger partial charge in [0.1, 0.15) is 11.6 Å². The summed E-state index contributed by atoms with van der Waals surface area (Å²) < 4.78 is 29.4. The van der Waals surface area contributed by atoms with Crippen LogP contribution in [0.3, 0.4) is 0 Å². The highest BCUT2D eigenvalue weighted by molar-refractivity contribution is 5.98. The molecule has 376 valence electrons. The number of hydrogen-bond acceptors (Lipinski definition) is 7. The molecule has 1 saturated heterocycles. The topological polar surface area (TPSA) is 134 Å². The third-order valence-electron chi connectivity index (χ3n) is 14.1. The number of anilines is 2. The van der Waals surface area contributed by atoms with Gasteiger partial charge in [0.05, 0.1) is 0 Å². The number of likely N-dealkylation sites (tertiary alicyclic amines) is 1.